The Labute approximate surface area is 180 Å². The summed E-state index contributed by atoms with van der Waals surface area (Å²) in [6.07, 6.45) is 0. The first kappa shape index (κ1) is 20.6. The molecule has 0 aliphatic carbocycles. The van der Waals surface area contributed by atoms with Gasteiger partial charge in [0.05, 0.1) is 21.0 Å². The summed E-state index contributed by atoms with van der Waals surface area (Å²) in [5.41, 5.74) is 1.23. The third kappa shape index (κ3) is 4.44. The minimum Gasteiger partial charge on any atom is -0.322 e. The summed E-state index contributed by atoms with van der Waals surface area (Å²) in [6, 6.07) is 13.7. The first-order valence-electron chi connectivity index (χ1n) is 8.83. The summed E-state index contributed by atoms with van der Waals surface area (Å²) >= 11 is 5.70. The van der Waals surface area contributed by atoms with Gasteiger partial charge in [0.2, 0.25) is 0 Å². The number of H-pyrrole nitrogens is 2. The summed E-state index contributed by atoms with van der Waals surface area (Å²) in [6.45, 7) is 0. The molecule has 4 N–H and O–H groups in total. The van der Waals surface area contributed by atoms with Crippen molar-refractivity contribution in [2.75, 3.05) is 10.0 Å². The number of carbonyl (C=O) groups is 1. The van der Waals surface area contributed by atoms with Crippen molar-refractivity contribution in [2.45, 2.75) is 4.90 Å². The number of nitrogens with one attached hydrogen (secondary N) is 4. The maximum absolute atomic E-state index is 13.2. The van der Waals surface area contributed by atoms with E-state index in [1.165, 1.54) is 54.6 Å². The lowest BCUT2D eigenvalue weighted by molar-refractivity contribution is 0.102. The zero-order valence-electron chi connectivity index (χ0n) is 15.6. The van der Waals surface area contributed by atoms with Crippen molar-refractivity contribution >= 4 is 49.9 Å². The molecule has 31 heavy (non-hydrogen) atoms. The van der Waals surface area contributed by atoms with Crippen LogP contribution in [0.25, 0.3) is 11.0 Å². The van der Waals surface area contributed by atoms with Gasteiger partial charge in [-0.3, -0.25) is 9.52 Å². The molecule has 11 heteroatoms. The van der Waals surface area contributed by atoms with E-state index in [0.29, 0.717) is 16.7 Å². The van der Waals surface area contributed by atoms with E-state index in [1.807, 2.05) is 0 Å². The highest BCUT2D eigenvalue weighted by Gasteiger charge is 2.16. The predicted molar refractivity (Wildman–Crippen MR) is 116 cm³/mol. The van der Waals surface area contributed by atoms with E-state index in [-0.39, 0.29) is 21.2 Å². The highest BCUT2D eigenvalue weighted by molar-refractivity contribution is 7.92. The summed E-state index contributed by atoms with van der Waals surface area (Å²) < 4.78 is 40.9. The molecule has 1 aromatic heterocycles. The average Bonchev–Trinajstić information content (AvgIpc) is 3.10. The van der Waals surface area contributed by atoms with Crippen LogP contribution < -0.4 is 15.7 Å². The zero-order chi connectivity index (χ0) is 22.2. The standard InChI is InChI=1S/C20H14ClFN4O4S/c21-15-9-13(5-7-16(15)22)23-19(27)11-1-3-12(4-2-11)26-31(29,30)14-6-8-17-18(10-14)25-20(28)24-17/h1-10,26H,(H,23,27)(H2,24,25,28). The van der Waals surface area contributed by atoms with Crippen molar-refractivity contribution in [1.29, 1.82) is 0 Å². The molecule has 0 saturated carbocycles. The van der Waals surface area contributed by atoms with Gasteiger partial charge in [-0.05, 0) is 60.7 Å². The van der Waals surface area contributed by atoms with Gasteiger partial charge in [0.25, 0.3) is 15.9 Å². The van der Waals surface area contributed by atoms with Gasteiger partial charge in [-0.25, -0.2) is 17.6 Å². The number of aromatic nitrogens is 2. The summed E-state index contributed by atoms with van der Waals surface area (Å²) in [7, 11) is -3.92. The molecule has 0 aliphatic heterocycles. The molecule has 8 nitrogen and oxygen atoms in total. The molecule has 4 aromatic rings. The van der Waals surface area contributed by atoms with E-state index in [2.05, 4.69) is 20.0 Å². The quantitative estimate of drug-likeness (QED) is 0.362. The minimum absolute atomic E-state index is 0.0368. The van der Waals surface area contributed by atoms with Gasteiger partial charge >= 0.3 is 5.69 Å². The van der Waals surface area contributed by atoms with Crippen molar-refractivity contribution in [3.05, 3.63) is 87.6 Å². The summed E-state index contributed by atoms with van der Waals surface area (Å²) in [4.78, 5) is 28.7. The normalized spacial score (nSPS) is 11.4. The number of carbonyl (C=O) groups excluding carboxylic acids is 1. The van der Waals surface area contributed by atoms with E-state index >= 15 is 0 Å². The second-order valence-corrected chi connectivity index (χ2v) is 8.64. The van der Waals surface area contributed by atoms with Gasteiger partial charge in [-0.15, -0.1) is 0 Å². The fourth-order valence-corrected chi connectivity index (χ4v) is 4.12. The molecule has 1 amide bonds. The molecule has 0 aliphatic rings. The number of amides is 1. The highest BCUT2D eigenvalue weighted by Crippen LogP contribution is 2.22. The minimum atomic E-state index is -3.92. The maximum atomic E-state index is 13.2. The zero-order valence-corrected chi connectivity index (χ0v) is 17.1. The van der Waals surface area contributed by atoms with Gasteiger partial charge in [0, 0.05) is 16.9 Å². The van der Waals surface area contributed by atoms with Crippen molar-refractivity contribution in [1.82, 2.24) is 9.97 Å². The van der Waals surface area contributed by atoms with Crippen molar-refractivity contribution < 1.29 is 17.6 Å². The van der Waals surface area contributed by atoms with Crippen LogP contribution in [0.5, 0.6) is 0 Å². The van der Waals surface area contributed by atoms with E-state index in [9.17, 15) is 22.4 Å². The lowest BCUT2D eigenvalue weighted by atomic mass is 10.2. The molecule has 0 spiro atoms. The second-order valence-electron chi connectivity index (χ2n) is 6.55. The monoisotopic (exact) mass is 460 g/mol. The first-order valence-corrected chi connectivity index (χ1v) is 10.7. The van der Waals surface area contributed by atoms with Crippen LogP contribution in [0.15, 0.2) is 70.4 Å². The number of benzene rings is 3. The van der Waals surface area contributed by atoms with Crippen LogP contribution in [0.3, 0.4) is 0 Å². The van der Waals surface area contributed by atoms with Gasteiger partial charge in [0.1, 0.15) is 5.82 Å². The molecule has 0 unspecified atom stereocenters. The second kappa shape index (κ2) is 7.89. The Morgan fingerprint density at radius 2 is 1.58 bits per heavy atom. The van der Waals surface area contributed by atoms with E-state index in [0.717, 1.165) is 6.07 Å². The van der Waals surface area contributed by atoms with Crippen LogP contribution in [0, 0.1) is 5.82 Å². The summed E-state index contributed by atoms with van der Waals surface area (Å²) in [5, 5.41) is 2.46. The SMILES string of the molecule is O=C(Nc1ccc(F)c(Cl)c1)c1ccc(NS(=O)(=O)c2ccc3[nH]c(=O)[nH]c3c2)cc1. The predicted octanol–water partition coefficient (Wildman–Crippen LogP) is 3.70. The molecule has 0 bridgehead atoms. The van der Waals surface area contributed by atoms with Crippen LogP contribution in [0.1, 0.15) is 10.4 Å². The molecule has 0 saturated heterocycles. The van der Waals surface area contributed by atoms with Gasteiger partial charge in [0.15, 0.2) is 0 Å². The number of anilines is 2. The number of hydrogen-bond donors (Lipinski definition) is 4. The Bertz CT molecular complexity index is 1460. The van der Waals surface area contributed by atoms with Crippen LogP contribution >= 0.6 is 11.6 Å². The first-order chi connectivity index (χ1) is 14.7. The largest absolute Gasteiger partial charge is 0.323 e. The Balaban J connectivity index is 1.49. The lowest BCUT2D eigenvalue weighted by Crippen LogP contribution is -2.14. The number of aromatic amines is 2. The molecule has 1 heterocycles. The molecule has 3 aromatic carbocycles. The van der Waals surface area contributed by atoms with Crippen molar-refractivity contribution in [3.63, 3.8) is 0 Å². The smallest absolute Gasteiger partial charge is 0.322 e. The Hall–Kier alpha value is -3.63. The third-order valence-corrected chi connectivity index (χ3v) is 6.04. The molecule has 4 rings (SSSR count). The van der Waals surface area contributed by atoms with Crippen molar-refractivity contribution in [2.24, 2.45) is 0 Å². The van der Waals surface area contributed by atoms with Crippen LogP contribution in [-0.2, 0) is 10.0 Å². The Kier molecular flexibility index (Phi) is 5.25. The Morgan fingerprint density at radius 3 is 2.29 bits per heavy atom. The number of hydrogen-bond acceptors (Lipinski definition) is 4. The van der Waals surface area contributed by atoms with E-state index in [1.54, 1.807) is 0 Å². The maximum Gasteiger partial charge on any atom is 0.323 e. The van der Waals surface area contributed by atoms with E-state index < -0.39 is 27.4 Å². The fraction of sp³-hybridized carbons (Fsp3) is 0. The number of fused-ring (bicyclic) bond motifs is 1. The third-order valence-electron chi connectivity index (χ3n) is 4.37. The van der Waals surface area contributed by atoms with Gasteiger partial charge in [-0.1, -0.05) is 11.6 Å². The van der Waals surface area contributed by atoms with Crippen LogP contribution in [0.4, 0.5) is 15.8 Å². The van der Waals surface area contributed by atoms with Crippen LogP contribution in [0.2, 0.25) is 5.02 Å². The van der Waals surface area contributed by atoms with Gasteiger partial charge < -0.3 is 15.3 Å². The number of sulfonamides is 1. The molecular formula is C20H14ClFN4O4S. The Morgan fingerprint density at radius 1 is 0.903 bits per heavy atom. The summed E-state index contributed by atoms with van der Waals surface area (Å²) in [5.74, 6) is -1.07. The van der Waals surface area contributed by atoms with Gasteiger partial charge in [-0.2, -0.15) is 0 Å². The number of rotatable bonds is 5. The van der Waals surface area contributed by atoms with E-state index in [4.69, 9.17) is 11.6 Å². The molecular weight excluding hydrogens is 447 g/mol. The van der Waals surface area contributed by atoms with Crippen molar-refractivity contribution in [3.8, 4) is 0 Å². The highest BCUT2D eigenvalue weighted by atomic mass is 35.5. The molecule has 0 fully saturated rings. The number of imidazole rings is 1. The topological polar surface area (TPSA) is 124 Å². The molecule has 0 atom stereocenters. The van der Waals surface area contributed by atoms with Crippen LogP contribution in [-0.4, -0.2) is 24.3 Å². The average molecular weight is 461 g/mol. The molecule has 158 valence electrons. The molecule has 0 radical (unpaired) electrons. The number of halogens is 2. The lowest BCUT2D eigenvalue weighted by Gasteiger charge is -2.10. The fourth-order valence-electron chi connectivity index (χ4n) is 2.86.